The Labute approximate surface area is 190 Å². The monoisotopic (exact) mass is 527 g/mol. The van der Waals surface area contributed by atoms with Gasteiger partial charge in [0, 0.05) is 36.3 Å². The molecule has 2 aromatic carbocycles. The Morgan fingerprint density at radius 1 is 1.03 bits per heavy atom. The average Bonchev–Trinajstić information content (AvgIpc) is 2.72. The predicted octanol–water partition coefficient (Wildman–Crippen LogP) is 6.10. The molecule has 1 heterocycles. The number of aryl methyl sites for hydroxylation is 1. The van der Waals surface area contributed by atoms with Crippen molar-refractivity contribution in [2.75, 3.05) is 43.4 Å². The van der Waals surface area contributed by atoms with Crippen LogP contribution >= 0.6 is 40.3 Å². The number of halogens is 6. The number of hydrogen-bond acceptors (Lipinski definition) is 4. The molecule has 164 valence electrons. The summed E-state index contributed by atoms with van der Waals surface area (Å²) in [4.78, 5) is 3.49. The second-order valence-electron chi connectivity index (χ2n) is 6.52. The number of thiocarbonyl (C=S) groups is 1. The lowest BCUT2D eigenvalue weighted by Gasteiger charge is -2.34. The molecule has 0 aliphatic carbocycles. The van der Waals surface area contributed by atoms with Crippen LogP contribution < -0.4 is 10.2 Å². The molecule has 1 fully saturated rings. The highest BCUT2D eigenvalue weighted by molar-refractivity contribution is 9.10. The van der Waals surface area contributed by atoms with Gasteiger partial charge in [0.05, 0.1) is 17.6 Å². The maximum absolute atomic E-state index is 13.0. The Hall–Kier alpha value is -1.43. The van der Waals surface area contributed by atoms with Gasteiger partial charge in [0.2, 0.25) is 0 Å². The predicted molar refractivity (Wildman–Crippen MR) is 119 cm³/mol. The smallest absolute Gasteiger partial charge is 0.186 e. The number of benzene rings is 2. The zero-order valence-corrected chi connectivity index (χ0v) is 19.3. The van der Waals surface area contributed by atoms with Gasteiger partial charge in [-0.15, -0.1) is 0 Å². The molecule has 0 unspecified atom stereocenters. The fourth-order valence-corrected chi connectivity index (χ4v) is 3.79. The van der Waals surface area contributed by atoms with Crippen LogP contribution in [-0.4, -0.2) is 43.6 Å². The number of likely N-dealkylation sites (N-methyl/N-ethyl adjacent to an activating group) is 1. The fourth-order valence-electron chi connectivity index (χ4n) is 2.89. The van der Waals surface area contributed by atoms with Crippen LogP contribution in [0.1, 0.15) is 5.56 Å². The third-order valence-electron chi connectivity index (χ3n) is 4.51. The molecule has 0 radical (unpaired) electrons. The van der Waals surface area contributed by atoms with Gasteiger partial charge in [-0.2, -0.15) is 3.89 Å². The molecular weight excluding hydrogens is 509 g/mol. The van der Waals surface area contributed by atoms with Crippen molar-refractivity contribution < 1.29 is 21.4 Å². The van der Waals surface area contributed by atoms with E-state index in [1.54, 1.807) is 5.32 Å². The van der Waals surface area contributed by atoms with E-state index in [9.17, 15) is 21.4 Å². The SMILES string of the molecule is Cc1cc(Br)ccc1N1CCN(C)CC1.FSc1c(F)c(F)c(NC=S)c(F)c1F. The molecule has 1 aliphatic rings. The molecule has 0 spiro atoms. The third-order valence-corrected chi connectivity index (χ3v) is 5.63. The summed E-state index contributed by atoms with van der Waals surface area (Å²) >= 11 is 6.79. The van der Waals surface area contributed by atoms with Crippen molar-refractivity contribution >= 4 is 57.2 Å². The van der Waals surface area contributed by atoms with Gasteiger partial charge in [-0.05, 0) is 37.7 Å². The molecule has 3 nitrogen and oxygen atoms in total. The number of hydrogen-bond donors (Lipinski definition) is 1. The van der Waals surface area contributed by atoms with E-state index < -0.39 is 46.0 Å². The first-order valence-electron chi connectivity index (χ1n) is 8.75. The molecule has 0 atom stereocenters. The standard InChI is InChI=1S/C12H17BrN2.C7H2F5NS2/c1-10-9-11(13)3-4-12(10)15-7-5-14(2)6-8-15;8-2-4(10)7(15-12)5(11)3(9)6(2)13-1-14/h3-4,9H,5-8H2,1-2H3;1H,(H,13,14). The number of rotatable bonds is 4. The normalized spacial score (nSPS) is 14.2. The van der Waals surface area contributed by atoms with Gasteiger partial charge in [0.15, 0.2) is 23.3 Å². The average molecular weight is 528 g/mol. The van der Waals surface area contributed by atoms with Crippen LogP contribution in [0.25, 0.3) is 0 Å². The lowest BCUT2D eigenvalue weighted by atomic mass is 10.1. The zero-order chi connectivity index (χ0) is 22.4. The summed E-state index contributed by atoms with van der Waals surface area (Å²) in [6, 6.07) is 6.53. The first kappa shape index (κ1) is 24.8. The highest BCUT2D eigenvalue weighted by atomic mass is 79.9. The molecule has 11 heteroatoms. The number of nitrogens with one attached hydrogen (secondary N) is 1. The first-order valence-corrected chi connectivity index (χ1v) is 10.7. The lowest BCUT2D eigenvalue weighted by molar-refractivity contribution is 0.312. The Bertz CT molecular complexity index is 879. The van der Waals surface area contributed by atoms with Crippen LogP contribution in [0.4, 0.5) is 32.8 Å². The molecule has 0 bridgehead atoms. The first-order chi connectivity index (χ1) is 14.2. The Kier molecular flexibility index (Phi) is 9.32. The molecule has 1 aliphatic heterocycles. The molecule has 0 amide bonds. The summed E-state index contributed by atoms with van der Waals surface area (Å²) < 4.78 is 64.9. The zero-order valence-electron chi connectivity index (χ0n) is 16.1. The van der Waals surface area contributed by atoms with E-state index in [0.29, 0.717) is 5.49 Å². The van der Waals surface area contributed by atoms with E-state index in [-0.39, 0.29) is 0 Å². The van der Waals surface area contributed by atoms with Crippen molar-refractivity contribution in [1.82, 2.24) is 4.90 Å². The van der Waals surface area contributed by atoms with Crippen LogP contribution in [0, 0.1) is 30.2 Å². The quantitative estimate of drug-likeness (QED) is 0.293. The molecule has 0 aromatic heterocycles. The molecule has 30 heavy (non-hydrogen) atoms. The van der Waals surface area contributed by atoms with Crippen molar-refractivity contribution in [3.8, 4) is 0 Å². The second kappa shape index (κ2) is 11.3. The van der Waals surface area contributed by atoms with E-state index in [4.69, 9.17) is 0 Å². The molecule has 2 aromatic rings. The topological polar surface area (TPSA) is 18.5 Å². The van der Waals surface area contributed by atoms with Crippen molar-refractivity contribution in [1.29, 1.82) is 0 Å². The summed E-state index contributed by atoms with van der Waals surface area (Å²) in [6.07, 6.45) is 0. The van der Waals surface area contributed by atoms with Crippen LogP contribution in [0.5, 0.6) is 0 Å². The van der Waals surface area contributed by atoms with Crippen LogP contribution in [0.3, 0.4) is 0 Å². The highest BCUT2D eigenvalue weighted by Crippen LogP contribution is 2.34. The van der Waals surface area contributed by atoms with Gasteiger partial charge in [-0.25, -0.2) is 17.6 Å². The van der Waals surface area contributed by atoms with Crippen LogP contribution in [0.15, 0.2) is 27.6 Å². The number of piperazine rings is 1. The number of anilines is 2. The molecule has 3 rings (SSSR count). The van der Waals surface area contributed by atoms with E-state index in [1.807, 2.05) is 0 Å². The largest absolute Gasteiger partial charge is 0.369 e. The summed E-state index contributed by atoms with van der Waals surface area (Å²) in [6.45, 7) is 6.78. The van der Waals surface area contributed by atoms with Crippen LogP contribution in [-0.2, 0) is 0 Å². The van der Waals surface area contributed by atoms with Gasteiger partial charge >= 0.3 is 0 Å². The maximum Gasteiger partial charge on any atom is 0.186 e. The summed E-state index contributed by atoms with van der Waals surface area (Å²) in [5.41, 5.74) is 2.32. The Morgan fingerprint density at radius 2 is 1.60 bits per heavy atom. The van der Waals surface area contributed by atoms with Gasteiger partial charge in [0.1, 0.15) is 10.6 Å². The van der Waals surface area contributed by atoms with Crippen molar-refractivity contribution in [3.63, 3.8) is 0 Å². The van der Waals surface area contributed by atoms with Crippen molar-refractivity contribution in [3.05, 3.63) is 51.5 Å². The van der Waals surface area contributed by atoms with Gasteiger partial charge < -0.3 is 15.1 Å². The van der Waals surface area contributed by atoms with E-state index in [0.717, 1.165) is 30.7 Å². The maximum atomic E-state index is 13.0. The summed E-state index contributed by atoms with van der Waals surface area (Å²) in [5.74, 6) is -7.06. The minimum absolute atomic E-state index is 0.669. The minimum Gasteiger partial charge on any atom is -0.369 e. The van der Waals surface area contributed by atoms with E-state index in [2.05, 4.69) is 70.1 Å². The van der Waals surface area contributed by atoms with E-state index >= 15 is 0 Å². The molecule has 1 saturated heterocycles. The number of nitrogens with zero attached hydrogens (tertiary/aromatic N) is 2. The molecular formula is C19H19BrF5N3S2. The van der Waals surface area contributed by atoms with Gasteiger partial charge in [0.25, 0.3) is 0 Å². The summed E-state index contributed by atoms with van der Waals surface area (Å²) in [7, 11) is 2.19. The fraction of sp³-hybridized carbons (Fsp3) is 0.316. The molecule has 0 saturated carbocycles. The Morgan fingerprint density at radius 3 is 2.07 bits per heavy atom. The minimum atomic E-state index is -1.80. The van der Waals surface area contributed by atoms with Crippen molar-refractivity contribution in [2.24, 2.45) is 0 Å². The highest BCUT2D eigenvalue weighted by Gasteiger charge is 2.25. The van der Waals surface area contributed by atoms with Gasteiger partial charge in [-0.1, -0.05) is 28.1 Å². The lowest BCUT2D eigenvalue weighted by Crippen LogP contribution is -2.44. The van der Waals surface area contributed by atoms with E-state index in [1.165, 1.54) is 11.3 Å². The van der Waals surface area contributed by atoms with Crippen LogP contribution in [0.2, 0.25) is 0 Å². The summed E-state index contributed by atoms with van der Waals surface area (Å²) in [5, 5.41) is 1.81. The molecule has 1 N–H and O–H groups in total. The van der Waals surface area contributed by atoms with Gasteiger partial charge in [-0.3, -0.25) is 0 Å². The second-order valence-corrected chi connectivity index (χ2v) is 8.23. The Balaban J connectivity index is 0.000000214. The van der Waals surface area contributed by atoms with Crippen molar-refractivity contribution in [2.45, 2.75) is 11.8 Å². The third kappa shape index (κ3) is 5.83.